The monoisotopic (exact) mass is 500 g/mol. The zero-order chi connectivity index (χ0) is 25.2. The molecule has 0 atom stereocenters. The van der Waals surface area contributed by atoms with Crippen molar-refractivity contribution in [2.24, 2.45) is 0 Å². The van der Waals surface area contributed by atoms with Crippen LogP contribution in [0.4, 0.5) is 87.8 Å². The van der Waals surface area contributed by atoms with Gasteiger partial charge in [-0.1, -0.05) is 0 Å². The normalized spacial score (nSPS) is 16.0. The zero-order valence-corrected chi connectivity index (χ0v) is 12.6. The molecule has 0 aromatic carbocycles. The fourth-order valence-corrected chi connectivity index (χ4v) is 1.80. The van der Waals surface area contributed by atoms with Gasteiger partial charge in [0.15, 0.2) is 0 Å². The lowest BCUT2D eigenvalue weighted by Crippen LogP contribution is -2.72. The van der Waals surface area contributed by atoms with E-state index >= 15 is 0 Å². The van der Waals surface area contributed by atoms with Gasteiger partial charge in [0.05, 0.1) is 0 Å². The minimum absolute atomic E-state index is 5.46. The largest absolute Gasteiger partial charge is 0.438 e. The first-order valence-corrected chi connectivity index (χ1v) is 6.03. The second-order valence-corrected chi connectivity index (χ2v) is 5.09. The van der Waals surface area contributed by atoms with Gasteiger partial charge in [-0.3, -0.25) is 0 Å². The molecule has 180 valence electrons. The van der Waals surface area contributed by atoms with E-state index in [1.807, 2.05) is 0 Å². The SMILES string of the molecule is FC(F)=C(C(F)(F)C(F)(F)C(F)(C(F)(F)F)C(F)(F)F)C(F)(C(F)(F)F)C(F)(F)F. The molecule has 0 nitrogen and oxygen atoms in total. The van der Waals surface area contributed by atoms with Gasteiger partial charge in [-0.05, 0) is 0 Å². The van der Waals surface area contributed by atoms with Crippen molar-refractivity contribution in [3.8, 4) is 0 Å². The van der Waals surface area contributed by atoms with Gasteiger partial charge < -0.3 is 0 Å². The Morgan fingerprint density at radius 1 is 0.400 bits per heavy atom. The van der Waals surface area contributed by atoms with Crippen LogP contribution in [-0.2, 0) is 0 Å². The van der Waals surface area contributed by atoms with E-state index in [4.69, 9.17) is 0 Å². The fourth-order valence-electron chi connectivity index (χ4n) is 1.80. The Morgan fingerprint density at radius 3 is 0.833 bits per heavy atom. The van der Waals surface area contributed by atoms with E-state index in [9.17, 15) is 87.8 Å². The Kier molecular flexibility index (Phi) is 6.54. The summed E-state index contributed by atoms with van der Waals surface area (Å²) in [6.45, 7) is 0. The Bertz CT molecular complexity index is 632. The van der Waals surface area contributed by atoms with Gasteiger partial charge in [-0.15, -0.1) is 0 Å². The maximum Gasteiger partial charge on any atom is 0.438 e. The predicted octanol–water partition coefficient (Wildman–Crippen LogP) is 7.07. The van der Waals surface area contributed by atoms with E-state index in [1.165, 1.54) is 0 Å². The first-order chi connectivity index (χ1) is 12.6. The molecule has 0 aliphatic carbocycles. The van der Waals surface area contributed by atoms with E-state index in [1.54, 1.807) is 0 Å². The number of rotatable bonds is 4. The lowest BCUT2D eigenvalue weighted by molar-refractivity contribution is -0.426. The molecular weight excluding hydrogens is 500 g/mol. The minimum Gasteiger partial charge on any atom is -0.218 e. The number of hydrogen-bond acceptors (Lipinski definition) is 0. The average Bonchev–Trinajstić information content (AvgIpc) is 2.40. The van der Waals surface area contributed by atoms with Crippen LogP contribution in [0.15, 0.2) is 11.7 Å². The molecule has 0 aromatic heterocycles. The van der Waals surface area contributed by atoms with Crippen LogP contribution in [0.25, 0.3) is 0 Å². The summed E-state index contributed by atoms with van der Waals surface area (Å²) in [5.74, 6) is -17.6. The molecule has 0 aliphatic rings. The van der Waals surface area contributed by atoms with Crippen molar-refractivity contribution in [3.63, 3.8) is 0 Å². The van der Waals surface area contributed by atoms with Crippen LogP contribution in [0, 0.1) is 0 Å². The molecule has 0 spiro atoms. The molecule has 0 saturated heterocycles. The highest BCUT2D eigenvalue weighted by atomic mass is 19.4. The Hall–Kier alpha value is -1.66. The molecule has 0 amide bonds. The number of hydrogen-bond donors (Lipinski definition) is 0. The summed E-state index contributed by atoms with van der Waals surface area (Å²) in [6.07, 6.45) is -38.3. The van der Waals surface area contributed by atoms with Crippen LogP contribution >= 0.6 is 0 Å². The fraction of sp³-hybridized carbons (Fsp3) is 0.800. The van der Waals surface area contributed by atoms with Crippen molar-refractivity contribution < 1.29 is 87.8 Å². The summed E-state index contributed by atoms with van der Waals surface area (Å²) in [7, 11) is 0. The lowest BCUT2D eigenvalue weighted by atomic mass is 9.81. The second-order valence-electron chi connectivity index (χ2n) is 5.09. The summed E-state index contributed by atoms with van der Waals surface area (Å²) in [6, 6.07) is 0. The molecule has 30 heavy (non-hydrogen) atoms. The summed E-state index contributed by atoms with van der Waals surface area (Å²) >= 11 is 0. The van der Waals surface area contributed by atoms with Crippen molar-refractivity contribution in [2.75, 3.05) is 0 Å². The third-order valence-corrected chi connectivity index (χ3v) is 3.24. The molecule has 0 N–H and O–H groups in total. The Balaban J connectivity index is 7.52. The topological polar surface area (TPSA) is 0 Å². The first kappa shape index (κ1) is 28.3. The van der Waals surface area contributed by atoms with E-state index < -0.39 is 59.5 Å². The van der Waals surface area contributed by atoms with Crippen LogP contribution in [0.5, 0.6) is 0 Å². The minimum atomic E-state index is -8.91. The highest BCUT2D eigenvalue weighted by Crippen LogP contribution is 2.64. The van der Waals surface area contributed by atoms with E-state index in [0.29, 0.717) is 0 Å². The van der Waals surface area contributed by atoms with Crippen LogP contribution in [-0.4, -0.2) is 47.9 Å². The summed E-state index contributed by atoms with van der Waals surface area (Å²) in [5, 5.41) is 0. The molecule has 0 bridgehead atoms. The molecule has 0 unspecified atom stereocenters. The Morgan fingerprint density at radius 2 is 0.667 bits per heavy atom. The zero-order valence-electron chi connectivity index (χ0n) is 12.6. The third-order valence-electron chi connectivity index (χ3n) is 3.24. The highest BCUT2D eigenvalue weighted by molar-refractivity contribution is 5.35. The predicted molar refractivity (Wildman–Crippen MR) is 51.0 cm³/mol. The standard InChI is InChI=1S/C10F20/c11-2(12)1(3(13,7(19,20)21)8(22,23)24)4(14,15)6(17,18)5(16,9(25,26)27)10(28,29)30. The Labute approximate surface area is 149 Å². The van der Waals surface area contributed by atoms with Crippen molar-refractivity contribution in [2.45, 2.75) is 47.9 Å². The number of halogens is 20. The van der Waals surface area contributed by atoms with Crippen molar-refractivity contribution in [3.05, 3.63) is 11.7 Å². The first-order valence-electron chi connectivity index (χ1n) is 6.03. The summed E-state index contributed by atoms with van der Waals surface area (Å²) in [4.78, 5) is 0. The molecular formula is C10F20. The van der Waals surface area contributed by atoms with Gasteiger partial charge in [0.25, 0.3) is 6.08 Å². The van der Waals surface area contributed by atoms with Crippen LogP contribution < -0.4 is 0 Å². The van der Waals surface area contributed by atoms with Gasteiger partial charge >= 0.3 is 47.9 Å². The van der Waals surface area contributed by atoms with Crippen molar-refractivity contribution >= 4 is 0 Å². The quantitative estimate of drug-likeness (QED) is 0.363. The van der Waals surface area contributed by atoms with E-state index in [-0.39, 0.29) is 0 Å². The molecule has 0 fully saturated rings. The summed E-state index contributed by atoms with van der Waals surface area (Å²) in [5.41, 5.74) is -23.0. The average molecular weight is 500 g/mol. The van der Waals surface area contributed by atoms with Crippen LogP contribution in [0.2, 0.25) is 0 Å². The van der Waals surface area contributed by atoms with Crippen LogP contribution in [0.1, 0.15) is 0 Å². The number of allylic oxidation sites excluding steroid dienone is 1. The molecule has 0 aliphatic heterocycles. The van der Waals surface area contributed by atoms with Gasteiger partial charge in [-0.2, -0.15) is 79.0 Å². The van der Waals surface area contributed by atoms with Crippen molar-refractivity contribution in [1.82, 2.24) is 0 Å². The highest BCUT2D eigenvalue weighted by Gasteiger charge is 2.93. The molecule has 0 saturated carbocycles. The number of alkyl halides is 18. The second kappa shape index (κ2) is 6.92. The molecule has 0 aromatic rings. The molecule has 0 radical (unpaired) electrons. The van der Waals surface area contributed by atoms with Gasteiger partial charge in [0.1, 0.15) is 5.57 Å². The van der Waals surface area contributed by atoms with Crippen molar-refractivity contribution in [1.29, 1.82) is 0 Å². The van der Waals surface area contributed by atoms with E-state index in [0.717, 1.165) is 0 Å². The van der Waals surface area contributed by atoms with Gasteiger partial charge in [0.2, 0.25) is 0 Å². The summed E-state index contributed by atoms with van der Waals surface area (Å²) < 4.78 is 252. The van der Waals surface area contributed by atoms with Crippen LogP contribution in [0.3, 0.4) is 0 Å². The van der Waals surface area contributed by atoms with Gasteiger partial charge in [0, 0.05) is 0 Å². The smallest absolute Gasteiger partial charge is 0.218 e. The van der Waals surface area contributed by atoms with Gasteiger partial charge in [-0.25, -0.2) is 8.78 Å². The molecule has 0 rings (SSSR count). The maximum absolute atomic E-state index is 13.5. The van der Waals surface area contributed by atoms with E-state index in [2.05, 4.69) is 0 Å². The molecule has 20 heteroatoms. The molecule has 0 heterocycles. The lowest BCUT2D eigenvalue weighted by Gasteiger charge is -2.42. The maximum atomic E-state index is 13.5. The third kappa shape index (κ3) is 3.62.